The Morgan fingerprint density at radius 2 is 2.12 bits per heavy atom. The Morgan fingerprint density at radius 1 is 1.44 bits per heavy atom. The molecule has 1 aromatic heterocycles. The van der Waals surface area contributed by atoms with Crippen molar-refractivity contribution in [3.63, 3.8) is 0 Å². The van der Waals surface area contributed by atoms with Crippen LogP contribution in [0.1, 0.15) is 23.5 Å². The topological polar surface area (TPSA) is 41.1 Å². The van der Waals surface area contributed by atoms with Crippen LogP contribution < -0.4 is 10.6 Å². The summed E-state index contributed by atoms with van der Waals surface area (Å²) < 4.78 is 0.979. The molecular formula is C11H17BrN2OS. The third-order valence-corrected chi connectivity index (χ3v) is 3.80. The highest BCUT2D eigenvalue weighted by Crippen LogP contribution is 2.22. The van der Waals surface area contributed by atoms with E-state index in [4.69, 9.17) is 0 Å². The van der Waals surface area contributed by atoms with Gasteiger partial charge in [0.1, 0.15) is 0 Å². The van der Waals surface area contributed by atoms with E-state index in [-0.39, 0.29) is 11.3 Å². The summed E-state index contributed by atoms with van der Waals surface area (Å²) in [6.07, 6.45) is 0. The molecule has 0 aliphatic heterocycles. The summed E-state index contributed by atoms with van der Waals surface area (Å²) in [5.41, 5.74) is 0.0684. The van der Waals surface area contributed by atoms with Gasteiger partial charge in [-0.1, -0.05) is 13.8 Å². The summed E-state index contributed by atoms with van der Waals surface area (Å²) in [6.45, 7) is 5.78. The average molecular weight is 305 g/mol. The van der Waals surface area contributed by atoms with Gasteiger partial charge in [-0.2, -0.15) is 0 Å². The molecule has 0 bridgehead atoms. The van der Waals surface area contributed by atoms with Crippen LogP contribution in [0.3, 0.4) is 0 Å². The van der Waals surface area contributed by atoms with Crippen molar-refractivity contribution in [2.45, 2.75) is 13.8 Å². The Balaban J connectivity index is 2.47. The first-order chi connectivity index (χ1) is 7.44. The smallest absolute Gasteiger partial charge is 0.261 e. The molecule has 1 aromatic rings. The van der Waals surface area contributed by atoms with Gasteiger partial charge in [0.2, 0.25) is 0 Å². The molecule has 0 fully saturated rings. The molecule has 0 aromatic carbocycles. The van der Waals surface area contributed by atoms with Crippen LogP contribution >= 0.6 is 27.3 Å². The first kappa shape index (κ1) is 13.7. The van der Waals surface area contributed by atoms with E-state index in [0.29, 0.717) is 6.54 Å². The van der Waals surface area contributed by atoms with Gasteiger partial charge in [0.15, 0.2) is 0 Å². The SMILES string of the molecule is CNCC(C)(C)CNC(=O)c1ccc(Br)s1. The van der Waals surface area contributed by atoms with E-state index in [0.717, 1.165) is 15.2 Å². The van der Waals surface area contributed by atoms with Crippen molar-refractivity contribution in [2.24, 2.45) is 5.41 Å². The van der Waals surface area contributed by atoms with E-state index in [9.17, 15) is 4.79 Å². The number of amides is 1. The molecule has 16 heavy (non-hydrogen) atoms. The van der Waals surface area contributed by atoms with Gasteiger partial charge in [0.05, 0.1) is 8.66 Å². The van der Waals surface area contributed by atoms with Crippen molar-refractivity contribution in [3.05, 3.63) is 20.8 Å². The van der Waals surface area contributed by atoms with Crippen LogP contribution in [0.2, 0.25) is 0 Å². The first-order valence-corrected chi connectivity index (χ1v) is 6.74. The van der Waals surface area contributed by atoms with Crippen molar-refractivity contribution in [1.29, 1.82) is 0 Å². The van der Waals surface area contributed by atoms with Crippen molar-refractivity contribution >= 4 is 33.2 Å². The Kier molecular flexibility index (Phi) is 4.95. The minimum atomic E-state index is -0.000113. The van der Waals surface area contributed by atoms with Gasteiger partial charge in [-0.05, 0) is 40.5 Å². The lowest BCUT2D eigenvalue weighted by molar-refractivity contribution is 0.0940. The first-order valence-electron chi connectivity index (χ1n) is 5.13. The number of hydrogen-bond donors (Lipinski definition) is 2. The minimum absolute atomic E-state index is 0.000113. The summed E-state index contributed by atoms with van der Waals surface area (Å²) in [5, 5.41) is 6.07. The van der Waals surface area contributed by atoms with Crippen LogP contribution in [-0.2, 0) is 0 Å². The van der Waals surface area contributed by atoms with E-state index in [1.165, 1.54) is 11.3 Å². The van der Waals surface area contributed by atoms with E-state index in [2.05, 4.69) is 40.4 Å². The Labute approximate surface area is 109 Å². The molecule has 0 saturated heterocycles. The average Bonchev–Trinajstić information content (AvgIpc) is 2.61. The lowest BCUT2D eigenvalue weighted by atomic mass is 9.93. The molecule has 0 radical (unpaired) electrons. The molecule has 0 aliphatic rings. The van der Waals surface area contributed by atoms with Gasteiger partial charge in [0, 0.05) is 13.1 Å². The van der Waals surface area contributed by atoms with Gasteiger partial charge in [0.25, 0.3) is 5.91 Å². The Bertz CT molecular complexity index is 363. The number of halogens is 1. The molecule has 0 unspecified atom stereocenters. The molecule has 0 spiro atoms. The third-order valence-electron chi connectivity index (χ3n) is 2.18. The highest BCUT2D eigenvalue weighted by molar-refractivity contribution is 9.11. The number of carbonyl (C=O) groups excluding carboxylic acids is 1. The van der Waals surface area contributed by atoms with Crippen LogP contribution in [0.5, 0.6) is 0 Å². The lowest BCUT2D eigenvalue weighted by Crippen LogP contribution is -2.39. The molecule has 0 atom stereocenters. The molecule has 2 N–H and O–H groups in total. The van der Waals surface area contributed by atoms with Gasteiger partial charge in [-0.15, -0.1) is 11.3 Å². The summed E-state index contributed by atoms with van der Waals surface area (Å²) in [5.74, 6) is -0.000113. The van der Waals surface area contributed by atoms with E-state index < -0.39 is 0 Å². The summed E-state index contributed by atoms with van der Waals surface area (Å²) in [4.78, 5) is 12.5. The second-order valence-electron chi connectivity index (χ2n) is 4.48. The highest BCUT2D eigenvalue weighted by atomic mass is 79.9. The monoisotopic (exact) mass is 304 g/mol. The maximum Gasteiger partial charge on any atom is 0.261 e. The van der Waals surface area contributed by atoms with Gasteiger partial charge >= 0.3 is 0 Å². The fraction of sp³-hybridized carbons (Fsp3) is 0.545. The van der Waals surface area contributed by atoms with Crippen molar-refractivity contribution in [3.8, 4) is 0 Å². The van der Waals surface area contributed by atoms with E-state index in [1.54, 1.807) is 0 Å². The molecule has 90 valence electrons. The van der Waals surface area contributed by atoms with Crippen molar-refractivity contribution in [2.75, 3.05) is 20.1 Å². The van der Waals surface area contributed by atoms with Crippen LogP contribution in [0.25, 0.3) is 0 Å². The zero-order chi connectivity index (χ0) is 12.2. The second-order valence-corrected chi connectivity index (χ2v) is 6.94. The fourth-order valence-corrected chi connectivity index (χ4v) is 2.69. The maximum atomic E-state index is 11.8. The molecule has 1 amide bonds. The Morgan fingerprint density at radius 3 is 2.62 bits per heavy atom. The Hall–Kier alpha value is -0.390. The molecule has 1 heterocycles. The number of hydrogen-bond acceptors (Lipinski definition) is 3. The largest absolute Gasteiger partial charge is 0.351 e. The quantitative estimate of drug-likeness (QED) is 0.877. The number of nitrogens with one attached hydrogen (secondary N) is 2. The summed E-state index contributed by atoms with van der Waals surface area (Å²) in [7, 11) is 1.92. The predicted octanol–water partition coefficient (Wildman–Crippen LogP) is 2.49. The lowest BCUT2D eigenvalue weighted by Gasteiger charge is -2.24. The number of thiophene rings is 1. The molecule has 0 aliphatic carbocycles. The van der Waals surface area contributed by atoms with Crippen molar-refractivity contribution in [1.82, 2.24) is 10.6 Å². The number of carbonyl (C=O) groups is 1. The number of rotatable bonds is 5. The maximum absolute atomic E-state index is 11.8. The van der Waals surface area contributed by atoms with Crippen LogP contribution in [0, 0.1) is 5.41 Å². The predicted molar refractivity (Wildman–Crippen MR) is 72.1 cm³/mol. The standard InChI is InChI=1S/C11H17BrN2OS/c1-11(2,6-13-3)7-14-10(15)8-4-5-9(12)16-8/h4-5,13H,6-7H2,1-3H3,(H,14,15). The van der Waals surface area contributed by atoms with Gasteiger partial charge in [-0.25, -0.2) is 0 Å². The van der Waals surface area contributed by atoms with Crippen LogP contribution in [0.4, 0.5) is 0 Å². The van der Waals surface area contributed by atoms with E-state index >= 15 is 0 Å². The molecule has 3 nitrogen and oxygen atoms in total. The molecule has 1 rings (SSSR count). The van der Waals surface area contributed by atoms with Crippen LogP contribution in [0.15, 0.2) is 15.9 Å². The second kappa shape index (κ2) is 5.80. The van der Waals surface area contributed by atoms with Gasteiger partial charge < -0.3 is 10.6 Å². The fourth-order valence-electron chi connectivity index (χ4n) is 1.38. The molecule has 5 heteroatoms. The summed E-state index contributed by atoms with van der Waals surface area (Å²) >= 11 is 4.79. The highest BCUT2D eigenvalue weighted by Gasteiger charge is 2.18. The minimum Gasteiger partial charge on any atom is -0.351 e. The zero-order valence-corrected chi connectivity index (χ0v) is 12.2. The summed E-state index contributed by atoms with van der Waals surface area (Å²) in [6, 6.07) is 3.72. The van der Waals surface area contributed by atoms with Crippen molar-refractivity contribution < 1.29 is 4.79 Å². The van der Waals surface area contributed by atoms with E-state index in [1.807, 2.05) is 19.2 Å². The van der Waals surface area contributed by atoms with Crippen LogP contribution in [-0.4, -0.2) is 26.0 Å². The normalized spacial score (nSPS) is 11.5. The zero-order valence-electron chi connectivity index (χ0n) is 9.76. The third kappa shape index (κ3) is 4.23. The molecule has 0 saturated carbocycles. The molecular weight excluding hydrogens is 288 g/mol. The van der Waals surface area contributed by atoms with Gasteiger partial charge in [-0.3, -0.25) is 4.79 Å².